The quantitative estimate of drug-likeness (QED) is 0.908. The number of aliphatic imine (C=N–C) groups is 1. The molecule has 0 aliphatic carbocycles. The Hall–Kier alpha value is -1.97. The summed E-state index contributed by atoms with van der Waals surface area (Å²) in [5.41, 5.74) is 1.35. The maximum atomic E-state index is 11.1. The minimum atomic E-state index is -1.51. The minimum absolute atomic E-state index is 0.550. The normalized spacial score (nSPS) is 24.4. The fourth-order valence-corrected chi connectivity index (χ4v) is 2.49. The van der Waals surface area contributed by atoms with E-state index in [0.29, 0.717) is 11.3 Å². The minimum Gasteiger partial charge on any atom is -0.357 e. The first-order valence-electron chi connectivity index (χ1n) is 6.65. The Morgan fingerprint density at radius 2 is 1.45 bits per heavy atom. The Bertz CT molecular complexity index is 635. The zero-order valence-electron chi connectivity index (χ0n) is 11.6. The van der Waals surface area contributed by atoms with Crippen LogP contribution < -0.4 is 0 Å². The van der Waals surface area contributed by atoms with Crippen LogP contribution in [-0.4, -0.2) is 16.5 Å². The molecule has 1 atom stereocenters. The molecular formula is C17H17NO2. The van der Waals surface area contributed by atoms with Crippen LogP contribution in [0.15, 0.2) is 65.7 Å². The predicted octanol–water partition coefficient (Wildman–Crippen LogP) is 3.09. The second kappa shape index (κ2) is 4.54. The number of hydrogen-bond donors (Lipinski definition) is 1. The van der Waals surface area contributed by atoms with Gasteiger partial charge in [0, 0.05) is 11.1 Å². The summed E-state index contributed by atoms with van der Waals surface area (Å²) in [6, 6.07) is 19.0. The number of ether oxygens (including phenoxy) is 1. The van der Waals surface area contributed by atoms with Crippen molar-refractivity contribution in [1.82, 2.24) is 0 Å². The Kier molecular flexibility index (Phi) is 2.96. The number of nitrogens with zero attached hydrogens (tertiary/aromatic N) is 1. The van der Waals surface area contributed by atoms with Crippen LogP contribution in [0.3, 0.4) is 0 Å². The first-order chi connectivity index (χ1) is 9.51. The van der Waals surface area contributed by atoms with Crippen LogP contribution >= 0.6 is 0 Å². The van der Waals surface area contributed by atoms with Gasteiger partial charge in [0.25, 0.3) is 0 Å². The Balaban J connectivity index is 2.14. The number of hydrogen-bond acceptors (Lipinski definition) is 3. The van der Waals surface area contributed by atoms with Crippen LogP contribution in [0, 0.1) is 0 Å². The van der Waals surface area contributed by atoms with Crippen LogP contribution in [-0.2, 0) is 10.5 Å². The highest BCUT2D eigenvalue weighted by atomic mass is 16.7. The van der Waals surface area contributed by atoms with Crippen molar-refractivity contribution in [2.45, 2.75) is 25.4 Å². The lowest BCUT2D eigenvalue weighted by atomic mass is 9.96. The van der Waals surface area contributed by atoms with Crippen LogP contribution in [0.25, 0.3) is 0 Å². The zero-order chi connectivity index (χ0) is 14.2. The summed E-state index contributed by atoms with van der Waals surface area (Å²) in [5, 5.41) is 11.1. The van der Waals surface area contributed by atoms with Gasteiger partial charge in [-0.3, -0.25) is 0 Å². The molecule has 2 aromatic carbocycles. The lowest BCUT2D eigenvalue weighted by Crippen LogP contribution is -2.37. The third kappa shape index (κ3) is 2.15. The van der Waals surface area contributed by atoms with Gasteiger partial charge in [-0.1, -0.05) is 60.7 Å². The molecule has 0 amide bonds. The molecule has 0 aromatic heterocycles. The summed E-state index contributed by atoms with van der Waals surface area (Å²) >= 11 is 0. The molecule has 3 nitrogen and oxygen atoms in total. The van der Waals surface area contributed by atoms with Crippen LogP contribution in [0.5, 0.6) is 0 Å². The topological polar surface area (TPSA) is 41.8 Å². The van der Waals surface area contributed by atoms with Gasteiger partial charge in [0.1, 0.15) is 5.71 Å². The maximum Gasteiger partial charge on any atom is 0.239 e. The van der Waals surface area contributed by atoms with Crippen molar-refractivity contribution < 1.29 is 9.84 Å². The highest BCUT2D eigenvalue weighted by Gasteiger charge is 2.48. The van der Waals surface area contributed by atoms with Gasteiger partial charge in [0.15, 0.2) is 5.72 Å². The molecule has 0 bridgehead atoms. The van der Waals surface area contributed by atoms with Crippen LogP contribution in [0.1, 0.15) is 25.0 Å². The van der Waals surface area contributed by atoms with Crippen molar-refractivity contribution in [3.8, 4) is 0 Å². The van der Waals surface area contributed by atoms with Crippen molar-refractivity contribution in [2.75, 3.05) is 0 Å². The van der Waals surface area contributed by atoms with Gasteiger partial charge >= 0.3 is 0 Å². The van der Waals surface area contributed by atoms with E-state index in [-0.39, 0.29) is 0 Å². The van der Waals surface area contributed by atoms with Gasteiger partial charge in [-0.15, -0.1) is 0 Å². The maximum absolute atomic E-state index is 11.1. The molecule has 0 spiro atoms. The standard InChI is InChI=1S/C17H17NO2/c1-16(2)18-15(13-9-5-3-6-10-13)17(19,20-16)14-11-7-4-8-12-14/h3-12,19H,1-2H3. The smallest absolute Gasteiger partial charge is 0.239 e. The van der Waals surface area contributed by atoms with E-state index in [4.69, 9.17) is 4.74 Å². The SMILES string of the molecule is CC1(C)N=C(c2ccccc2)C(O)(c2ccccc2)O1. The van der Waals surface area contributed by atoms with Gasteiger partial charge in [-0.05, 0) is 13.8 Å². The Morgan fingerprint density at radius 1 is 0.900 bits per heavy atom. The van der Waals surface area contributed by atoms with Crippen LogP contribution in [0.4, 0.5) is 0 Å². The summed E-state index contributed by atoms with van der Waals surface area (Å²) in [5.74, 6) is -1.51. The molecule has 3 rings (SSSR count). The number of aliphatic hydroxyl groups is 1. The molecular weight excluding hydrogens is 250 g/mol. The lowest BCUT2D eigenvalue weighted by Gasteiger charge is -2.27. The molecule has 1 aliphatic heterocycles. The molecule has 3 heteroatoms. The van der Waals surface area contributed by atoms with Crippen molar-refractivity contribution in [2.24, 2.45) is 4.99 Å². The predicted molar refractivity (Wildman–Crippen MR) is 78.5 cm³/mol. The largest absolute Gasteiger partial charge is 0.357 e. The molecule has 0 fully saturated rings. The second-order valence-corrected chi connectivity index (χ2v) is 5.39. The van der Waals surface area contributed by atoms with E-state index in [9.17, 15) is 5.11 Å². The average Bonchev–Trinajstić information content (AvgIpc) is 2.72. The summed E-state index contributed by atoms with van der Waals surface area (Å²) in [6.45, 7) is 3.69. The molecule has 1 unspecified atom stereocenters. The van der Waals surface area contributed by atoms with Crippen molar-refractivity contribution in [1.29, 1.82) is 0 Å². The third-order valence-electron chi connectivity index (χ3n) is 3.31. The molecule has 0 saturated carbocycles. The molecule has 0 saturated heterocycles. The van der Waals surface area contributed by atoms with Gasteiger partial charge in [-0.2, -0.15) is 0 Å². The average molecular weight is 267 g/mol. The molecule has 1 aliphatic rings. The monoisotopic (exact) mass is 267 g/mol. The Labute approximate surface area is 118 Å². The van der Waals surface area contributed by atoms with E-state index >= 15 is 0 Å². The fourth-order valence-electron chi connectivity index (χ4n) is 2.49. The van der Waals surface area contributed by atoms with Crippen LogP contribution in [0.2, 0.25) is 0 Å². The molecule has 1 heterocycles. The zero-order valence-corrected chi connectivity index (χ0v) is 11.6. The van der Waals surface area contributed by atoms with Gasteiger partial charge in [0.05, 0.1) is 0 Å². The first-order valence-corrected chi connectivity index (χ1v) is 6.65. The summed E-state index contributed by atoms with van der Waals surface area (Å²) in [4.78, 5) is 4.56. The molecule has 20 heavy (non-hydrogen) atoms. The van der Waals surface area contributed by atoms with E-state index in [2.05, 4.69) is 4.99 Å². The van der Waals surface area contributed by atoms with E-state index in [1.807, 2.05) is 74.5 Å². The molecule has 0 radical (unpaired) electrons. The number of rotatable bonds is 2. The van der Waals surface area contributed by atoms with Crippen molar-refractivity contribution >= 4 is 5.71 Å². The van der Waals surface area contributed by atoms with E-state index < -0.39 is 11.5 Å². The Morgan fingerprint density at radius 3 is 2.05 bits per heavy atom. The number of benzene rings is 2. The third-order valence-corrected chi connectivity index (χ3v) is 3.31. The van der Waals surface area contributed by atoms with E-state index in [0.717, 1.165) is 5.56 Å². The van der Waals surface area contributed by atoms with Crippen molar-refractivity contribution in [3.05, 3.63) is 71.8 Å². The molecule has 2 aromatic rings. The van der Waals surface area contributed by atoms with Crippen molar-refractivity contribution in [3.63, 3.8) is 0 Å². The first kappa shape index (κ1) is 13.0. The highest BCUT2D eigenvalue weighted by Crippen LogP contribution is 2.39. The summed E-state index contributed by atoms with van der Waals surface area (Å²) < 4.78 is 5.84. The van der Waals surface area contributed by atoms with Gasteiger partial charge in [0.2, 0.25) is 5.79 Å². The van der Waals surface area contributed by atoms with E-state index in [1.54, 1.807) is 0 Å². The highest BCUT2D eigenvalue weighted by molar-refractivity contribution is 6.07. The molecule has 102 valence electrons. The van der Waals surface area contributed by atoms with E-state index in [1.165, 1.54) is 0 Å². The van der Waals surface area contributed by atoms with Gasteiger partial charge < -0.3 is 9.84 Å². The fraction of sp³-hybridized carbons (Fsp3) is 0.235. The molecule has 1 N–H and O–H groups in total. The summed E-state index contributed by atoms with van der Waals surface area (Å²) in [7, 11) is 0. The summed E-state index contributed by atoms with van der Waals surface area (Å²) in [6.07, 6.45) is 0. The van der Waals surface area contributed by atoms with Gasteiger partial charge in [-0.25, -0.2) is 4.99 Å². The second-order valence-electron chi connectivity index (χ2n) is 5.39. The lowest BCUT2D eigenvalue weighted by molar-refractivity contribution is -0.200.